The first-order valence-corrected chi connectivity index (χ1v) is 9.85. The lowest BCUT2D eigenvalue weighted by molar-refractivity contribution is -0.136. The summed E-state index contributed by atoms with van der Waals surface area (Å²) in [5, 5.41) is 38.9. The molecule has 1 aliphatic carbocycles. The Hall–Kier alpha value is -1.69. The van der Waals surface area contributed by atoms with Crippen LogP contribution in [0, 0.1) is 11.8 Å². The molecule has 1 rings (SSSR count). The Morgan fingerprint density at radius 2 is 1.81 bits per heavy atom. The van der Waals surface area contributed by atoms with Gasteiger partial charge in [-0.15, -0.1) is 0 Å². The van der Waals surface area contributed by atoms with Crippen molar-refractivity contribution in [2.75, 3.05) is 0 Å². The Balaban J connectivity index is 2.39. The minimum atomic E-state index is -0.798. The van der Waals surface area contributed by atoms with Crippen LogP contribution in [0.25, 0.3) is 0 Å². The van der Waals surface area contributed by atoms with Gasteiger partial charge in [0.15, 0.2) is 0 Å². The number of hydrogen-bond donors (Lipinski definition) is 4. The first kappa shape index (κ1) is 23.3. The first-order chi connectivity index (χ1) is 13.0. The molecule has 0 radical (unpaired) electrons. The van der Waals surface area contributed by atoms with Crippen molar-refractivity contribution in [2.24, 2.45) is 11.8 Å². The third-order valence-corrected chi connectivity index (χ3v) is 4.79. The zero-order valence-electron chi connectivity index (χ0n) is 16.2. The summed E-state index contributed by atoms with van der Waals surface area (Å²) in [6.45, 7) is 2.06. The molecule has 152 valence electrons. The number of aliphatic carboxylic acids is 1. The monoisotopic (exact) mass is 378 g/mol. The van der Waals surface area contributed by atoms with Gasteiger partial charge in [0.25, 0.3) is 0 Å². The Bertz CT molecular complexity index is 535. The molecule has 0 heterocycles. The molecule has 1 aliphatic rings. The molecule has 0 aromatic rings. The normalized spacial score (nSPS) is 27.6. The van der Waals surface area contributed by atoms with Crippen LogP contribution in [0.5, 0.6) is 0 Å². The number of allylic oxidation sites excluding steroid dienone is 5. The minimum Gasteiger partial charge on any atom is -0.481 e. The molecule has 1 saturated carbocycles. The van der Waals surface area contributed by atoms with Gasteiger partial charge in [-0.05, 0) is 38.0 Å². The average molecular weight is 379 g/mol. The van der Waals surface area contributed by atoms with E-state index in [1.165, 1.54) is 0 Å². The maximum absolute atomic E-state index is 10.4. The van der Waals surface area contributed by atoms with Crippen molar-refractivity contribution in [1.29, 1.82) is 0 Å². The van der Waals surface area contributed by atoms with Crippen LogP contribution < -0.4 is 0 Å². The third-order valence-electron chi connectivity index (χ3n) is 4.79. The Morgan fingerprint density at radius 1 is 1.07 bits per heavy atom. The highest BCUT2D eigenvalue weighted by atomic mass is 16.4. The smallest absolute Gasteiger partial charge is 0.303 e. The zero-order chi connectivity index (χ0) is 20.1. The van der Waals surface area contributed by atoms with E-state index >= 15 is 0 Å². The highest BCUT2D eigenvalue weighted by Crippen LogP contribution is 2.36. The largest absolute Gasteiger partial charge is 0.481 e. The molecular formula is C22H34O5. The zero-order valence-corrected chi connectivity index (χ0v) is 16.2. The van der Waals surface area contributed by atoms with E-state index in [4.69, 9.17) is 5.11 Å². The number of aliphatic hydroxyl groups excluding tert-OH is 3. The lowest BCUT2D eigenvalue weighted by Crippen LogP contribution is -2.20. The van der Waals surface area contributed by atoms with Crippen molar-refractivity contribution in [2.45, 2.75) is 70.2 Å². The summed E-state index contributed by atoms with van der Waals surface area (Å²) < 4.78 is 0. The van der Waals surface area contributed by atoms with Crippen molar-refractivity contribution in [3.63, 3.8) is 0 Å². The van der Waals surface area contributed by atoms with Crippen molar-refractivity contribution < 1.29 is 25.2 Å². The van der Waals surface area contributed by atoms with Crippen molar-refractivity contribution >= 4 is 5.97 Å². The molecule has 0 saturated heterocycles. The van der Waals surface area contributed by atoms with Gasteiger partial charge in [0.2, 0.25) is 0 Å². The molecule has 5 nitrogen and oxygen atoms in total. The summed E-state index contributed by atoms with van der Waals surface area (Å²) in [6, 6.07) is 0. The number of aliphatic hydroxyl groups is 3. The highest BCUT2D eigenvalue weighted by molar-refractivity contribution is 5.66. The van der Waals surface area contributed by atoms with E-state index in [0.717, 1.165) is 12.8 Å². The van der Waals surface area contributed by atoms with Crippen molar-refractivity contribution in [1.82, 2.24) is 0 Å². The number of carbonyl (C=O) groups is 1. The topological polar surface area (TPSA) is 98.0 Å². The lowest BCUT2D eigenvalue weighted by Gasteiger charge is -2.19. The first-order valence-electron chi connectivity index (χ1n) is 9.85. The molecule has 5 heteroatoms. The predicted octanol–water partition coefficient (Wildman–Crippen LogP) is 3.38. The molecule has 0 unspecified atom stereocenters. The highest BCUT2D eigenvalue weighted by Gasteiger charge is 2.39. The predicted molar refractivity (Wildman–Crippen MR) is 107 cm³/mol. The van der Waals surface area contributed by atoms with Crippen LogP contribution in [-0.2, 0) is 4.79 Å². The van der Waals surface area contributed by atoms with E-state index < -0.39 is 24.3 Å². The summed E-state index contributed by atoms with van der Waals surface area (Å²) >= 11 is 0. The summed E-state index contributed by atoms with van der Waals surface area (Å²) in [5.41, 5.74) is 0. The number of rotatable bonds is 12. The van der Waals surface area contributed by atoms with Crippen LogP contribution in [0.3, 0.4) is 0 Å². The van der Waals surface area contributed by atoms with Crippen LogP contribution in [0.2, 0.25) is 0 Å². The molecule has 27 heavy (non-hydrogen) atoms. The van der Waals surface area contributed by atoms with Crippen molar-refractivity contribution in [3.8, 4) is 0 Å². The van der Waals surface area contributed by atoms with E-state index in [9.17, 15) is 20.1 Å². The van der Waals surface area contributed by atoms with Gasteiger partial charge in [0.05, 0.1) is 18.3 Å². The summed E-state index contributed by atoms with van der Waals surface area (Å²) in [5.74, 6) is -0.955. The van der Waals surface area contributed by atoms with E-state index in [1.54, 1.807) is 6.08 Å². The van der Waals surface area contributed by atoms with Crippen LogP contribution in [0.4, 0.5) is 0 Å². The molecule has 0 spiro atoms. The standard InChI is InChI=1S/C22H34O5/c1-2-3-8-12-18-19(21(25)16-20(18)24)15-14-17(23)11-9-6-4-5-7-10-13-22(26)27/h3,5-9,14-15,17-21,23-25H,2,4,10-13,16H2,1H3,(H,26,27)/b7-5-,8-3-,9-6-,15-14+/t17-,18+,19+,20-,21+/m0/s1. The quantitative estimate of drug-likeness (QED) is 0.390. The molecule has 1 fully saturated rings. The number of hydrogen-bond acceptors (Lipinski definition) is 4. The molecule has 0 amide bonds. The summed E-state index contributed by atoms with van der Waals surface area (Å²) in [7, 11) is 0. The van der Waals surface area contributed by atoms with E-state index in [0.29, 0.717) is 25.7 Å². The summed E-state index contributed by atoms with van der Waals surface area (Å²) in [6.07, 6.45) is 17.4. The SMILES string of the molecule is CC/C=C\C[C@@H]1[C@@H](/C=C/[C@@H](O)C/C=C\C/C=C\CCC(=O)O)[C@H](O)C[C@@H]1O. The fraction of sp³-hybridized carbons (Fsp3) is 0.591. The van der Waals surface area contributed by atoms with Crippen LogP contribution in [-0.4, -0.2) is 44.7 Å². The fourth-order valence-corrected chi connectivity index (χ4v) is 3.29. The lowest BCUT2D eigenvalue weighted by atomic mass is 9.89. The second kappa shape index (κ2) is 13.5. The number of carboxylic acid groups (broad SMARTS) is 1. The minimum absolute atomic E-state index is 0.0160. The fourth-order valence-electron chi connectivity index (χ4n) is 3.29. The number of carboxylic acids is 1. The maximum Gasteiger partial charge on any atom is 0.303 e. The molecule has 0 aromatic carbocycles. The maximum atomic E-state index is 10.4. The molecule has 0 bridgehead atoms. The van der Waals surface area contributed by atoms with E-state index in [1.807, 2.05) is 30.4 Å². The van der Waals surface area contributed by atoms with Crippen LogP contribution in [0.15, 0.2) is 48.6 Å². The van der Waals surface area contributed by atoms with Gasteiger partial charge >= 0.3 is 5.97 Å². The Kier molecular flexibility index (Phi) is 11.7. The molecular weight excluding hydrogens is 344 g/mol. The van der Waals surface area contributed by atoms with Gasteiger partial charge in [-0.25, -0.2) is 0 Å². The van der Waals surface area contributed by atoms with Gasteiger partial charge in [0, 0.05) is 18.8 Å². The van der Waals surface area contributed by atoms with Gasteiger partial charge in [-0.2, -0.15) is 0 Å². The van der Waals surface area contributed by atoms with E-state index in [2.05, 4.69) is 19.1 Å². The Morgan fingerprint density at radius 3 is 2.52 bits per heavy atom. The Labute approximate surface area is 162 Å². The second-order valence-electron chi connectivity index (χ2n) is 7.03. The second-order valence-corrected chi connectivity index (χ2v) is 7.03. The third kappa shape index (κ3) is 9.70. The van der Waals surface area contributed by atoms with Gasteiger partial charge in [0.1, 0.15) is 0 Å². The molecule has 0 aromatic heterocycles. The van der Waals surface area contributed by atoms with Gasteiger partial charge in [-0.3, -0.25) is 4.79 Å². The van der Waals surface area contributed by atoms with E-state index in [-0.39, 0.29) is 18.3 Å². The summed E-state index contributed by atoms with van der Waals surface area (Å²) in [4.78, 5) is 10.4. The van der Waals surface area contributed by atoms with Crippen LogP contribution in [0.1, 0.15) is 51.9 Å². The van der Waals surface area contributed by atoms with Crippen molar-refractivity contribution in [3.05, 3.63) is 48.6 Å². The molecule has 0 aliphatic heterocycles. The molecule has 4 N–H and O–H groups in total. The van der Waals surface area contributed by atoms with Gasteiger partial charge in [-0.1, -0.05) is 55.5 Å². The molecule has 5 atom stereocenters. The van der Waals surface area contributed by atoms with Gasteiger partial charge < -0.3 is 20.4 Å². The average Bonchev–Trinajstić information content (AvgIpc) is 2.88. The van der Waals surface area contributed by atoms with Crippen LogP contribution >= 0.6 is 0 Å².